The maximum Gasteiger partial charge on any atom is 0.243 e. The normalized spacial score (nSPS) is 18.0. The van der Waals surface area contributed by atoms with Crippen molar-refractivity contribution in [2.24, 2.45) is 5.41 Å². The number of sulfonamides is 1. The van der Waals surface area contributed by atoms with Crippen molar-refractivity contribution < 1.29 is 13.2 Å². The van der Waals surface area contributed by atoms with Gasteiger partial charge in [-0.1, -0.05) is 38.5 Å². The molecule has 1 aliphatic rings. The van der Waals surface area contributed by atoms with Gasteiger partial charge in [0.15, 0.2) is 5.78 Å². The van der Waals surface area contributed by atoms with E-state index in [4.69, 9.17) is 0 Å². The van der Waals surface area contributed by atoms with Gasteiger partial charge in [0.1, 0.15) is 0 Å². The van der Waals surface area contributed by atoms with Crippen molar-refractivity contribution in [1.82, 2.24) is 4.31 Å². The third-order valence-electron chi connectivity index (χ3n) is 4.09. The second-order valence-electron chi connectivity index (χ2n) is 6.86. The number of hydrogen-bond donors (Lipinski definition) is 0. The molecule has 0 saturated heterocycles. The van der Waals surface area contributed by atoms with Gasteiger partial charge in [-0.15, -0.1) is 0 Å². The van der Waals surface area contributed by atoms with E-state index in [2.05, 4.69) is 0 Å². The fourth-order valence-corrected chi connectivity index (χ4v) is 3.99. The summed E-state index contributed by atoms with van der Waals surface area (Å²) in [4.78, 5) is 12.5. The first-order chi connectivity index (χ1) is 10.0. The summed E-state index contributed by atoms with van der Waals surface area (Å²) < 4.78 is 26.8. The fourth-order valence-electron chi connectivity index (χ4n) is 2.63. The summed E-state index contributed by atoms with van der Waals surface area (Å²) in [5, 5.41) is 0. The van der Waals surface area contributed by atoms with Gasteiger partial charge in [0.05, 0.1) is 11.4 Å². The van der Waals surface area contributed by atoms with Crippen molar-refractivity contribution in [2.75, 3.05) is 13.1 Å². The molecule has 0 amide bonds. The predicted molar refractivity (Wildman–Crippen MR) is 87.1 cm³/mol. The average Bonchev–Trinajstić information content (AvgIpc) is 2.40. The molecule has 0 aliphatic carbocycles. The van der Waals surface area contributed by atoms with Crippen molar-refractivity contribution in [3.8, 4) is 0 Å². The Labute approximate surface area is 132 Å². The van der Waals surface area contributed by atoms with E-state index in [1.807, 2.05) is 27.7 Å². The van der Waals surface area contributed by atoms with Crippen LogP contribution < -0.4 is 0 Å². The van der Waals surface area contributed by atoms with E-state index in [1.165, 1.54) is 4.31 Å². The minimum Gasteiger partial charge on any atom is -0.293 e. The molecule has 1 aromatic carbocycles. The topological polar surface area (TPSA) is 54.5 Å². The second kappa shape index (κ2) is 5.63. The summed E-state index contributed by atoms with van der Waals surface area (Å²) >= 11 is 0. The van der Waals surface area contributed by atoms with Crippen molar-refractivity contribution in [1.29, 1.82) is 0 Å². The van der Waals surface area contributed by atoms with Gasteiger partial charge in [-0.05, 0) is 42.5 Å². The lowest BCUT2D eigenvalue weighted by atomic mass is 9.81. The lowest BCUT2D eigenvalue weighted by molar-refractivity contribution is -0.116. The van der Waals surface area contributed by atoms with E-state index in [0.717, 1.165) is 11.1 Å². The molecule has 120 valence electrons. The zero-order valence-corrected chi connectivity index (χ0v) is 14.6. The predicted octanol–water partition coefficient (Wildman–Crippen LogP) is 2.93. The monoisotopic (exact) mass is 321 g/mol. The van der Waals surface area contributed by atoms with E-state index in [1.54, 1.807) is 31.2 Å². The number of carbonyl (C=O) groups excluding carboxylic acids is 1. The van der Waals surface area contributed by atoms with Crippen LogP contribution >= 0.6 is 0 Å². The van der Waals surface area contributed by atoms with Crippen molar-refractivity contribution in [3.05, 3.63) is 41.0 Å². The van der Waals surface area contributed by atoms with E-state index >= 15 is 0 Å². The summed E-state index contributed by atoms with van der Waals surface area (Å²) in [5.41, 5.74) is 2.35. The van der Waals surface area contributed by atoms with Gasteiger partial charge in [0, 0.05) is 6.54 Å². The molecule has 1 aromatic rings. The Kier molecular flexibility index (Phi) is 4.33. The number of benzene rings is 1. The Morgan fingerprint density at radius 3 is 2.05 bits per heavy atom. The minimum atomic E-state index is -3.65. The number of Topliss-reactive ketones (excluding diaryl/α,β-unsaturated/α-hetero) is 1. The Morgan fingerprint density at radius 1 is 1.00 bits per heavy atom. The molecule has 1 aliphatic heterocycles. The van der Waals surface area contributed by atoms with Crippen LogP contribution in [0.3, 0.4) is 0 Å². The Hall–Kier alpha value is -1.46. The minimum absolute atomic E-state index is 0.0817. The largest absolute Gasteiger partial charge is 0.293 e. The van der Waals surface area contributed by atoms with Gasteiger partial charge in [-0.25, -0.2) is 8.42 Å². The first kappa shape index (κ1) is 16.9. The van der Waals surface area contributed by atoms with Crippen LogP contribution in [0.5, 0.6) is 0 Å². The third-order valence-corrected chi connectivity index (χ3v) is 5.90. The van der Waals surface area contributed by atoms with E-state index in [9.17, 15) is 13.2 Å². The van der Waals surface area contributed by atoms with Crippen LogP contribution in [0.15, 0.2) is 40.3 Å². The number of nitrogens with zero attached hydrogens (tertiary/aromatic N) is 1. The van der Waals surface area contributed by atoms with Gasteiger partial charge in [-0.2, -0.15) is 4.31 Å². The van der Waals surface area contributed by atoms with Crippen LogP contribution in [0, 0.1) is 12.3 Å². The first-order valence-corrected chi connectivity index (χ1v) is 8.78. The molecule has 2 rings (SSSR count). The summed E-state index contributed by atoms with van der Waals surface area (Å²) in [5.74, 6) is -0.119. The van der Waals surface area contributed by atoms with Gasteiger partial charge in [0.2, 0.25) is 10.0 Å². The van der Waals surface area contributed by atoms with Crippen molar-refractivity contribution in [2.45, 2.75) is 39.5 Å². The van der Waals surface area contributed by atoms with Gasteiger partial charge in [-0.3, -0.25) is 4.79 Å². The van der Waals surface area contributed by atoms with Crippen LogP contribution in [-0.4, -0.2) is 31.6 Å². The van der Waals surface area contributed by atoms with Gasteiger partial charge >= 0.3 is 0 Å². The molecule has 1 heterocycles. The fraction of sp³-hybridized carbons (Fsp3) is 0.471. The Balaban J connectivity index is 2.42. The van der Waals surface area contributed by atoms with Crippen molar-refractivity contribution in [3.63, 3.8) is 0 Å². The SMILES string of the molecule is CC1=C(C(C)(C)C)CN(S(=O)(=O)c2ccc(C)cc2)CC1=O. The molecule has 0 saturated carbocycles. The highest BCUT2D eigenvalue weighted by Gasteiger charge is 2.35. The Morgan fingerprint density at radius 2 is 1.55 bits per heavy atom. The number of ketones is 1. The van der Waals surface area contributed by atoms with Crippen molar-refractivity contribution >= 4 is 15.8 Å². The molecule has 0 spiro atoms. The molecule has 0 N–H and O–H groups in total. The quantitative estimate of drug-likeness (QED) is 0.841. The molecule has 0 bridgehead atoms. The highest BCUT2D eigenvalue weighted by atomic mass is 32.2. The lowest BCUT2D eigenvalue weighted by Gasteiger charge is -2.34. The van der Waals surface area contributed by atoms with Crippen LogP contribution in [0.25, 0.3) is 0 Å². The third kappa shape index (κ3) is 3.15. The highest BCUT2D eigenvalue weighted by Crippen LogP contribution is 2.33. The molecule has 5 heteroatoms. The summed E-state index contributed by atoms with van der Waals surface area (Å²) in [7, 11) is -3.65. The van der Waals surface area contributed by atoms with E-state index in [0.29, 0.717) is 5.57 Å². The first-order valence-electron chi connectivity index (χ1n) is 7.34. The Bertz CT molecular complexity index is 722. The summed E-state index contributed by atoms with van der Waals surface area (Å²) in [6.07, 6.45) is 0. The molecule has 0 fully saturated rings. The number of rotatable bonds is 2. The van der Waals surface area contributed by atoms with Crippen LogP contribution in [0.1, 0.15) is 33.3 Å². The zero-order chi connectivity index (χ0) is 16.7. The zero-order valence-electron chi connectivity index (χ0n) is 13.8. The van der Waals surface area contributed by atoms with Gasteiger partial charge < -0.3 is 0 Å². The molecular weight excluding hydrogens is 298 g/mol. The molecule has 0 radical (unpaired) electrons. The maximum atomic E-state index is 12.8. The number of carbonyl (C=O) groups is 1. The van der Waals surface area contributed by atoms with Gasteiger partial charge in [0.25, 0.3) is 0 Å². The summed E-state index contributed by atoms with van der Waals surface area (Å²) in [6.45, 7) is 9.89. The number of aryl methyl sites for hydroxylation is 1. The lowest BCUT2D eigenvalue weighted by Crippen LogP contribution is -2.43. The van der Waals surface area contributed by atoms with Crippen LogP contribution in [-0.2, 0) is 14.8 Å². The smallest absolute Gasteiger partial charge is 0.243 e. The number of hydrogen-bond acceptors (Lipinski definition) is 3. The molecule has 0 unspecified atom stereocenters. The highest BCUT2D eigenvalue weighted by molar-refractivity contribution is 7.89. The van der Waals surface area contributed by atoms with E-state index < -0.39 is 10.0 Å². The second-order valence-corrected chi connectivity index (χ2v) is 8.80. The van der Waals surface area contributed by atoms with E-state index in [-0.39, 0.29) is 29.2 Å². The van der Waals surface area contributed by atoms with Crippen LogP contribution in [0.2, 0.25) is 0 Å². The van der Waals surface area contributed by atoms with Crippen LogP contribution in [0.4, 0.5) is 0 Å². The molecule has 0 atom stereocenters. The molecule has 4 nitrogen and oxygen atoms in total. The molecular formula is C17H23NO3S. The standard InChI is InChI=1S/C17H23NO3S/c1-12-6-8-14(9-7-12)22(20,21)18-10-15(17(3,4)5)13(2)16(19)11-18/h6-9H,10-11H2,1-5H3. The average molecular weight is 321 g/mol. The summed E-state index contributed by atoms with van der Waals surface area (Å²) in [6, 6.07) is 6.73. The maximum absolute atomic E-state index is 12.8. The molecule has 22 heavy (non-hydrogen) atoms. The molecule has 0 aromatic heterocycles.